The molecule has 2 aromatic carbocycles. The first kappa shape index (κ1) is 35.4. The molecule has 1 heterocycles. The fourth-order valence-corrected chi connectivity index (χ4v) is 6.45. The van der Waals surface area contributed by atoms with Crippen molar-refractivity contribution in [3.63, 3.8) is 0 Å². The Morgan fingerprint density at radius 1 is 0.884 bits per heavy atom. The van der Waals surface area contributed by atoms with E-state index in [1.54, 1.807) is 5.01 Å². The van der Waals surface area contributed by atoms with E-state index in [0.29, 0.717) is 22.9 Å². The lowest BCUT2D eigenvalue weighted by molar-refractivity contribution is -0.121. The summed E-state index contributed by atoms with van der Waals surface area (Å²) in [4.78, 5) is 25.9. The second-order valence-corrected chi connectivity index (χ2v) is 13.3. The molecule has 0 aliphatic heterocycles. The number of unbranched alkanes of at least 4 members (excludes halogenated alkanes) is 6. The van der Waals surface area contributed by atoms with Crippen molar-refractivity contribution in [3.8, 4) is 5.69 Å². The highest BCUT2D eigenvalue weighted by Crippen LogP contribution is 2.32. The Kier molecular flexibility index (Phi) is 15.3. The molecule has 0 bridgehead atoms. The molecule has 0 spiro atoms. The van der Waals surface area contributed by atoms with E-state index < -0.39 is 0 Å². The molecule has 3 rings (SSSR count). The molecule has 0 aliphatic rings. The largest absolute Gasteiger partial charge is 0.274 e. The Hall–Kier alpha value is -2.12. The zero-order chi connectivity index (χ0) is 31.2. The van der Waals surface area contributed by atoms with Crippen LogP contribution in [0.4, 0.5) is 11.5 Å². The fourth-order valence-electron chi connectivity index (χ4n) is 5.34. The zero-order valence-corrected chi connectivity index (χ0v) is 28.2. The first-order valence-corrected chi connectivity index (χ1v) is 17.0. The van der Waals surface area contributed by atoms with E-state index in [0.717, 1.165) is 31.6 Å². The van der Waals surface area contributed by atoms with Crippen LogP contribution in [0.2, 0.25) is 15.1 Å². The maximum absolute atomic E-state index is 13.0. The summed E-state index contributed by atoms with van der Waals surface area (Å²) in [7, 11) is 0. The number of para-hydroxylation sites is 1. The number of halogens is 4. The second kappa shape index (κ2) is 18.6. The minimum absolute atomic E-state index is 0.131. The van der Waals surface area contributed by atoms with Crippen molar-refractivity contribution in [1.29, 1.82) is 0 Å². The van der Waals surface area contributed by atoms with Crippen molar-refractivity contribution in [2.45, 2.75) is 103 Å². The van der Waals surface area contributed by atoms with Crippen molar-refractivity contribution in [3.05, 3.63) is 74.0 Å². The number of nitrogens with one attached hydrogen (secondary N) is 2. The third-order valence-corrected chi connectivity index (χ3v) is 8.60. The number of alkyl halides is 1. The number of aromatic amines is 1. The lowest BCUT2D eigenvalue weighted by Gasteiger charge is -2.23. The summed E-state index contributed by atoms with van der Waals surface area (Å²) in [5.74, 6) is 1.04. The average molecular weight is 671 g/mol. The summed E-state index contributed by atoms with van der Waals surface area (Å²) in [6.07, 6.45) is 14.5. The molecule has 10 heteroatoms. The summed E-state index contributed by atoms with van der Waals surface area (Å²) in [5, 5.41) is 5.67. The molecule has 2 unspecified atom stereocenters. The molecule has 3 aromatic rings. The first-order valence-electron chi connectivity index (χ1n) is 15.4. The number of rotatable bonds is 19. The van der Waals surface area contributed by atoms with Crippen molar-refractivity contribution < 1.29 is 4.79 Å². The molecule has 0 saturated heterocycles. The number of hydrogen-bond donors (Lipinski definition) is 2. The molecule has 0 saturated carbocycles. The van der Waals surface area contributed by atoms with Gasteiger partial charge in [-0.05, 0) is 56.4 Å². The van der Waals surface area contributed by atoms with Crippen LogP contribution in [-0.2, 0) is 4.79 Å². The van der Waals surface area contributed by atoms with Crippen molar-refractivity contribution in [2.75, 3.05) is 5.01 Å². The highest BCUT2D eigenvalue weighted by Gasteiger charge is 2.19. The van der Waals surface area contributed by atoms with Crippen LogP contribution in [0.25, 0.3) is 5.69 Å². The number of aromatic nitrogens is 2. The molecule has 0 aliphatic carbocycles. The van der Waals surface area contributed by atoms with Crippen LogP contribution in [0.1, 0.15) is 97.3 Å². The standard InChI is InChI=1S/C33H44Cl4N4O2/c1-3-14-25(20-19-24(2)34)15-10-7-5-4-6-8-13-18-31(42)39-40(27-16-11-9-12-17-27)30-23-32(43)41(38-30)33-28(36)21-26(35)22-29(33)37/h9,11-12,16-17,21-25,38H,3-8,10,13-15,18-20H2,1-2H3,(H,39,42). The van der Waals surface area contributed by atoms with Crippen LogP contribution < -0.4 is 16.0 Å². The van der Waals surface area contributed by atoms with E-state index in [4.69, 9.17) is 46.4 Å². The van der Waals surface area contributed by atoms with Gasteiger partial charge in [0, 0.05) is 22.9 Å². The number of amides is 1. The third-order valence-electron chi connectivity index (χ3n) is 7.59. The SMILES string of the molecule is CCCC(CCCCCCCCCC(=O)NN(c1ccccc1)c1cc(=O)n(-c2c(Cl)cc(Cl)cc2Cl)[nH]1)CCC(C)Cl. The molecule has 1 aromatic heterocycles. The van der Waals surface area contributed by atoms with Gasteiger partial charge in [0.25, 0.3) is 5.56 Å². The van der Waals surface area contributed by atoms with Crippen LogP contribution in [0.3, 0.4) is 0 Å². The van der Waals surface area contributed by atoms with Gasteiger partial charge in [-0.15, -0.1) is 11.6 Å². The summed E-state index contributed by atoms with van der Waals surface area (Å²) in [6, 6.07) is 13.7. The van der Waals surface area contributed by atoms with Crippen LogP contribution in [-0.4, -0.2) is 21.1 Å². The molecule has 0 fully saturated rings. The van der Waals surface area contributed by atoms with E-state index in [1.165, 1.54) is 74.2 Å². The van der Waals surface area contributed by atoms with E-state index >= 15 is 0 Å². The third kappa shape index (κ3) is 11.7. The van der Waals surface area contributed by atoms with Crippen LogP contribution in [0.5, 0.6) is 0 Å². The van der Waals surface area contributed by atoms with Gasteiger partial charge in [0.15, 0.2) is 5.82 Å². The molecule has 236 valence electrons. The zero-order valence-electron chi connectivity index (χ0n) is 25.2. The van der Waals surface area contributed by atoms with Gasteiger partial charge in [-0.2, -0.15) is 0 Å². The van der Waals surface area contributed by atoms with Gasteiger partial charge in [0.05, 0.1) is 15.7 Å². The average Bonchev–Trinajstić information content (AvgIpc) is 3.33. The maximum atomic E-state index is 13.0. The lowest BCUT2D eigenvalue weighted by Crippen LogP contribution is -2.39. The minimum Gasteiger partial charge on any atom is -0.274 e. The monoisotopic (exact) mass is 668 g/mol. The smallest absolute Gasteiger partial charge is 0.273 e. The van der Waals surface area contributed by atoms with Crippen molar-refractivity contribution in [1.82, 2.24) is 15.2 Å². The first-order chi connectivity index (χ1) is 20.7. The summed E-state index contributed by atoms with van der Waals surface area (Å²) >= 11 is 24.9. The van der Waals surface area contributed by atoms with E-state index in [2.05, 4.69) is 24.4 Å². The molecule has 1 amide bonds. The highest BCUT2D eigenvalue weighted by molar-refractivity contribution is 6.40. The molecular weight excluding hydrogens is 626 g/mol. The predicted molar refractivity (Wildman–Crippen MR) is 183 cm³/mol. The number of anilines is 2. The van der Waals surface area contributed by atoms with Gasteiger partial charge in [0.2, 0.25) is 5.91 Å². The Balaban J connectivity index is 1.48. The van der Waals surface area contributed by atoms with Gasteiger partial charge >= 0.3 is 0 Å². The van der Waals surface area contributed by atoms with E-state index in [-0.39, 0.29) is 32.6 Å². The second-order valence-electron chi connectivity index (χ2n) is 11.3. The van der Waals surface area contributed by atoms with Gasteiger partial charge < -0.3 is 0 Å². The van der Waals surface area contributed by atoms with Crippen molar-refractivity contribution in [2.24, 2.45) is 5.92 Å². The molecule has 6 nitrogen and oxygen atoms in total. The Morgan fingerprint density at radius 2 is 1.51 bits per heavy atom. The number of carbonyl (C=O) groups is 1. The van der Waals surface area contributed by atoms with Gasteiger partial charge in [-0.25, -0.2) is 9.69 Å². The number of hydrogen-bond acceptors (Lipinski definition) is 3. The van der Waals surface area contributed by atoms with Crippen molar-refractivity contribution >= 4 is 63.8 Å². The minimum atomic E-state index is -0.387. The Bertz CT molecular complexity index is 1300. The molecule has 0 radical (unpaired) electrons. The normalized spacial score (nSPS) is 12.7. The number of hydrazine groups is 1. The van der Waals surface area contributed by atoms with Gasteiger partial charge in [-0.1, -0.05) is 118 Å². The number of nitrogens with zero attached hydrogens (tertiary/aromatic N) is 2. The van der Waals surface area contributed by atoms with Crippen LogP contribution in [0.15, 0.2) is 53.3 Å². The van der Waals surface area contributed by atoms with Gasteiger partial charge in [0.1, 0.15) is 5.69 Å². The number of benzene rings is 2. The number of H-pyrrole nitrogens is 1. The predicted octanol–water partition coefficient (Wildman–Crippen LogP) is 10.6. The molecule has 43 heavy (non-hydrogen) atoms. The maximum Gasteiger partial charge on any atom is 0.273 e. The quantitative estimate of drug-likeness (QED) is 0.0758. The Morgan fingerprint density at radius 3 is 2.14 bits per heavy atom. The van der Waals surface area contributed by atoms with Gasteiger partial charge in [-0.3, -0.25) is 20.1 Å². The van der Waals surface area contributed by atoms with Crippen LogP contribution in [0, 0.1) is 5.92 Å². The molecule has 2 N–H and O–H groups in total. The highest BCUT2D eigenvalue weighted by atomic mass is 35.5. The molecule has 2 atom stereocenters. The number of carbonyl (C=O) groups excluding carboxylic acids is 1. The summed E-state index contributed by atoms with van der Waals surface area (Å²) in [6.45, 7) is 4.35. The molecular formula is C33H44Cl4N4O2. The topological polar surface area (TPSA) is 70.1 Å². The Labute approximate surface area is 276 Å². The van der Waals surface area contributed by atoms with Crippen LogP contribution >= 0.6 is 46.4 Å². The summed E-state index contributed by atoms with van der Waals surface area (Å²) < 4.78 is 1.24. The van der Waals surface area contributed by atoms with E-state index in [9.17, 15) is 9.59 Å². The fraction of sp³-hybridized carbons (Fsp3) is 0.515. The summed E-state index contributed by atoms with van der Waals surface area (Å²) in [5.41, 5.74) is 3.54. The lowest BCUT2D eigenvalue weighted by atomic mass is 9.91. The van der Waals surface area contributed by atoms with E-state index in [1.807, 2.05) is 30.3 Å².